The average Bonchev–Trinajstić information content (AvgIpc) is 3.64. The molecule has 26 heteroatoms. The molecule has 6 unspecified atom stereocenters. The molecule has 0 aliphatic carbocycles. The average molecular weight is 863 g/mol. The van der Waals surface area contributed by atoms with E-state index < -0.39 is 61.1 Å². The summed E-state index contributed by atoms with van der Waals surface area (Å²) in [7, 11) is -17.6. The van der Waals surface area contributed by atoms with Crippen molar-refractivity contribution in [2.75, 3.05) is 46.2 Å². The first kappa shape index (κ1) is 48.5. The molecule has 6 rings (SSSR count). The second-order valence-electron chi connectivity index (χ2n) is 10.9. The molecule has 51 heavy (non-hydrogen) atoms. The molecule has 0 spiro atoms. The number of hydrogen-bond donors (Lipinski definition) is 0. The highest BCUT2D eigenvalue weighted by Crippen LogP contribution is 2.18. The summed E-state index contributed by atoms with van der Waals surface area (Å²) in [6.07, 6.45) is 2.48. The molecule has 0 saturated carbocycles. The monoisotopic (exact) mass is 862 g/mol. The fraction of sp³-hybridized carbons (Fsp3) is 0.840. The number of hydrogen-bond acceptors (Lipinski definition) is 20. The minimum atomic E-state index is -3.61. The fourth-order valence-electron chi connectivity index (χ4n) is 3.56. The van der Waals surface area contributed by atoms with Gasteiger partial charge in [-0.1, -0.05) is 6.92 Å². The molecule has 0 amide bonds. The van der Waals surface area contributed by atoms with Crippen LogP contribution in [0.1, 0.15) is 60.3 Å². The lowest BCUT2D eigenvalue weighted by molar-refractivity contribution is 0.0751. The van der Waals surface area contributed by atoms with E-state index in [0.717, 1.165) is 19.3 Å². The van der Waals surface area contributed by atoms with Gasteiger partial charge < -0.3 is 0 Å². The molecule has 0 bridgehead atoms. The fourth-order valence-corrected chi connectivity index (χ4v) is 9.06. The van der Waals surface area contributed by atoms with Gasteiger partial charge in [-0.3, -0.25) is 33.5 Å². The summed E-state index contributed by atoms with van der Waals surface area (Å²) < 4.78 is 139. The zero-order valence-electron chi connectivity index (χ0n) is 29.1. The van der Waals surface area contributed by atoms with E-state index in [1.54, 1.807) is 6.92 Å². The van der Waals surface area contributed by atoms with Crippen LogP contribution in [0.4, 0.5) is 0 Å². The quantitative estimate of drug-likeness (QED) is 0.323. The Bertz CT molecular complexity index is 1640. The van der Waals surface area contributed by atoms with Gasteiger partial charge in [0, 0.05) is 29.9 Å². The van der Waals surface area contributed by atoms with Gasteiger partial charge in [0.15, 0.2) is 40.3 Å². The molecular formula is C25H50O20S6. The van der Waals surface area contributed by atoms with Crippen molar-refractivity contribution in [1.29, 1.82) is 0 Å². The third-order valence-electron chi connectivity index (χ3n) is 5.64. The Morgan fingerprint density at radius 1 is 0.471 bits per heavy atom. The lowest BCUT2D eigenvalue weighted by atomic mass is 10.2. The van der Waals surface area contributed by atoms with Crippen LogP contribution in [0.25, 0.3) is 0 Å². The van der Waals surface area contributed by atoms with Crippen molar-refractivity contribution in [3.05, 3.63) is 0 Å². The second kappa shape index (κ2) is 21.6. The van der Waals surface area contributed by atoms with E-state index in [1.165, 1.54) is 0 Å². The van der Waals surface area contributed by atoms with Gasteiger partial charge in [0.25, 0.3) is 0 Å². The van der Waals surface area contributed by atoms with Crippen LogP contribution in [0.5, 0.6) is 0 Å². The van der Waals surface area contributed by atoms with Crippen LogP contribution in [0.3, 0.4) is 0 Å². The zero-order chi connectivity index (χ0) is 39.2. The molecule has 6 atom stereocenters. The Labute approximate surface area is 304 Å². The smallest absolute Gasteiger partial charge is 0.278 e. The first-order valence-electron chi connectivity index (χ1n) is 15.2. The molecule has 6 aliphatic rings. The SMILES string of the molecule is C=S1(=O)OC(C)CC(C)O1.C=S1(=O)OCCC(C)O1.C=S1(=O)OCCCO1.C=S1(=O)OCCO1.CC1COS(=O)(=O)O1.CCC1COS(=O)(=O)O1. The van der Waals surface area contributed by atoms with Crippen LogP contribution in [0, 0.1) is 0 Å². The van der Waals surface area contributed by atoms with Crippen LogP contribution in [-0.2, 0) is 111 Å². The van der Waals surface area contributed by atoms with Crippen molar-refractivity contribution in [2.45, 2.75) is 90.8 Å². The van der Waals surface area contributed by atoms with Gasteiger partial charge in [-0.15, -0.1) is 0 Å². The van der Waals surface area contributed by atoms with Crippen molar-refractivity contribution < 1.29 is 83.9 Å². The first-order valence-corrected chi connectivity index (χ1v) is 24.1. The second-order valence-corrected chi connectivity index (χ2v) is 19.6. The highest BCUT2D eigenvalue weighted by atomic mass is 32.3. The molecule has 6 saturated heterocycles. The van der Waals surface area contributed by atoms with Gasteiger partial charge in [0.2, 0.25) is 0 Å². The lowest BCUT2D eigenvalue weighted by Crippen LogP contribution is -2.31. The normalized spacial score (nSPS) is 37.0. The van der Waals surface area contributed by atoms with Gasteiger partial charge in [-0.2, -0.15) is 16.8 Å². The van der Waals surface area contributed by atoms with E-state index in [1.807, 2.05) is 27.7 Å². The Hall–Kier alpha value is -0.500. The standard InChI is InChI=1S/C6H12O3S.C5H10O3S.C4H8O4S.C4H8O3S.C3H6O4S.C3H6O3S/c1-5-4-6(2)9-10(3,7)8-5;1-5-3-4-7-9(2,6)8-5;1-2-4-3-7-9(5,6)8-4;1-8(5)6-3-2-4-7-8;1-3-2-6-8(4,5)7-3;1-7(4)5-2-3-6-7/h5-6H,3-4H2,1-2H3;5H,2-4H2,1H3;4H,2-3H2,1H3;1-4H2;3H,2H2,1H3;1-3H2. The van der Waals surface area contributed by atoms with Crippen LogP contribution in [0.2, 0.25) is 0 Å². The summed E-state index contributed by atoms with van der Waals surface area (Å²) in [5, 5.41) is 0. The third-order valence-corrected chi connectivity index (χ3v) is 12.1. The molecule has 0 N–H and O–H groups in total. The van der Waals surface area contributed by atoms with Crippen LogP contribution in [-0.4, -0.2) is 134 Å². The summed E-state index contributed by atoms with van der Waals surface area (Å²) >= 11 is 0. The van der Waals surface area contributed by atoms with Crippen molar-refractivity contribution in [1.82, 2.24) is 0 Å². The maximum absolute atomic E-state index is 11.1. The first-order chi connectivity index (χ1) is 23.2. The van der Waals surface area contributed by atoms with Crippen molar-refractivity contribution in [2.24, 2.45) is 0 Å². The topological polar surface area (TPSA) is 247 Å². The molecular weight excluding hydrogens is 813 g/mol. The van der Waals surface area contributed by atoms with Gasteiger partial charge >= 0.3 is 20.8 Å². The summed E-state index contributed by atoms with van der Waals surface area (Å²) in [4.78, 5) is 0. The maximum atomic E-state index is 11.1. The van der Waals surface area contributed by atoms with Crippen LogP contribution in [0.15, 0.2) is 0 Å². The molecule has 306 valence electrons. The van der Waals surface area contributed by atoms with E-state index in [0.29, 0.717) is 39.5 Å². The van der Waals surface area contributed by atoms with Crippen molar-refractivity contribution >= 4 is 84.6 Å². The highest BCUT2D eigenvalue weighted by Gasteiger charge is 2.28. The third kappa shape index (κ3) is 23.8. The molecule has 20 nitrogen and oxygen atoms in total. The van der Waals surface area contributed by atoms with Crippen molar-refractivity contribution in [3.8, 4) is 0 Å². The zero-order valence-corrected chi connectivity index (χ0v) is 34.0. The molecule has 0 aromatic rings. The Morgan fingerprint density at radius 2 is 0.902 bits per heavy atom. The van der Waals surface area contributed by atoms with E-state index in [9.17, 15) is 33.7 Å². The number of rotatable bonds is 1. The summed E-state index contributed by atoms with van der Waals surface area (Å²) in [6.45, 7) is 11.7. The molecule has 0 aromatic heterocycles. The predicted octanol–water partition coefficient (Wildman–Crippen LogP) is 0.377. The van der Waals surface area contributed by atoms with Crippen molar-refractivity contribution in [3.63, 3.8) is 0 Å². The van der Waals surface area contributed by atoms with E-state index in [4.69, 9.17) is 16.7 Å². The van der Waals surface area contributed by atoms with E-state index >= 15 is 0 Å². The highest BCUT2D eigenvalue weighted by molar-refractivity contribution is 7.92. The van der Waals surface area contributed by atoms with Crippen LogP contribution >= 0.6 is 0 Å². The van der Waals surface area contributed by atoms with Gasteiger partial charge in [0.05, 0.1) is 64.6 Å². The molecule has 6 aliphatic heterocycles. The Morgan fingerprint density at radius 3 is 1.14 bits per heavy atom. The predicted molar refractivity (Wildman–Crippen MR) is 192 cm³/mol. The Balaban J connectivity index is 0.000000307. The summed E-state index contributed by atoms with van der Waals surface area (Å²) in [5.74, 6) is 12.9. The largest absolute Gasteiger partial charge is 0.400 e. The summed E-state index contributed by atoms with van der Waals surface area (Å²) in [6, 6.07) is 0. The molecule has 6 heterocycles. The van der Waals surface area contributed by atoms with Gasteiger partial charge in [-0.25, -0.2) is 33.6 Å². The minimum absolute atomic E-state index is 0.00579. The van der Waals surface area contributed by atoms with Gasteiger partial charge in [-0.05, 0) is 47.0 Å². The van der Waals surface area contributed by atoms with E-state index in [2.05, 4.69) is 56.9 Å². The summed E-state index contributed by atoms with van der Waals surface area (Å²) in [5.41, 5.74) is 0. The van der Waals surface area contributed by atoms with Gasteiger partial charge in [0.1, 0.15) is 12.2 Å². The maximum Gasteiger partial charge on any atom is 0.400 e. The molecule has 0 radical (unpaired) electrons. The molecule has 6 fully saturated rings. The van der Waals surface area contributed by atoms with Crippen LogP contribution < -0.4 is 0 Å². The Kier molecular flexibility index (Phi) is 20.5. The lowest BCUT2D eigenvalue weighted by Gasteiger charge is -2.26. The molecule has 0 aromatic carbocycles. The minimum Gasteiger partial charge on any atom is -0.278 e. The van der Waals surface area contributed by atoms with E-state index in [-0.39, 0.29) is 43.7 Å².